The molecule has 4 nitrogen and oxygen atoms in total. The van der Waals surface area contributed by atoms with Crippen molar-refractivity contribution in [2.75, 3.05) is 5.32 Å². The molecule has 0 aromatic heterocycles. The number of fused-ring (bicyclic) bond motifs is 1. The van der Waals surface area contributed by atoms with Crippen LogP contribution in [0, 0.1) is 0 Å². The average molecular weight is 233 g/mol. The van der Waals surface area contributed by atoms with E-state index in [0.717, 1.165) is 5.56 Å². The van der Waals surface area contributed by atoms with E-state index in [1.165, 1.54) is 0 Å². The van der Waals surface area contributed by atoms with E-state index < -0.39 is 6.10 Å². The van der Waals surface area contributed by atoms with Gasteiger partial charge in [-0.15, -0.1) is 0 Å². The molecule has 1 heterocycles. The second-order valence-electron chi connectivity index (χ2n) is 4.28. The highest BCUT2D eigenvalue weighted by molar-refractivity contribution is 5.97. The summed E-state index contributed by atoms with van der Waals surface area (Å²) in [7, 11) is 0. The number of aryl methyl sites for hydroxylation is 1. The maximum atomic E-state index is 11.4. The van der Waals surface area contributed by atoms with Crippen LogP contribution in [0.4, 0.5) is 5.69 Å². The summed E-state index contributed by atoms with van der Waals surface area (Å²) >= 11 is 0. The maximum absolute atomic E-state index is 11.4. The first-order valence-electron chi connectivity index (χ1n) is 5.66. The van der Waals surface area contributed by atoms with Crippen LogP contribution in [-0.2, 0) is 16.0 Å². The minimum Gasteiger partial charge on any atom is -0.479 e. The molecule has 1 aromatic rings. The Balaban J connectivity index is 2.17. The highest BCUT2D eigenvalue weighted by Crippen LogP contribution is 2.30. The second-order valence-corrected chi connectivity index (χ2v) is 4.28. The van der Waals surface area contributed by atoms with Gasteiger partial charge in [0.15, 0.2) is 6.10 Å². The number of anilines is 1. The topological polar surface area (TPSA) is 55.4 Å². The van der Waals surface area contributed by atoms with Crippen molar-refractivity contribution in [3.8, 4) is 5.75 Å². The van der Waals surface area contributed by atoms with E-state index in [4.69, 9.17) is 4.74 Å². The van der Waals surface area contributed by atoms with E-state index in [0.29, 0.717) is 24.3 Å². The summed E-state index contributed by atoms with van der Waals surface area (Å²) in [6.45, 7) is 3.28. The molecule has 0 fully saturated rings. The number of hydrogen-bond donors (Lipinski definition) is 1. The van der Waals surface area contributed by atoms with Gasteiger partial charge in [-0.3, -0.25) is 4.79 Å². The molecule has 1 amide bonds. The fourth-order valence-electron chi connectivity index (χ4n) is 1.73. The monoisotopic (exact) mass is 233 g/mol. The minimum atomic E-state index is -0.453. The van der Waals surface area contributed by atoms with Gasteiger partial charge < -0.3 is 14.8 Å². The molecule has 0 saturated carbocycles. The van der Waals surface area contributed by atoms with Gasteiger partial charge in [0.2, 0.25) is 0 Å². The first kappa shape index (κ1) is 11.6. The molecule has 1 aromatic carbocycles. The van der Waals surface area contributed by atoms with Crippen LogP contribution < -0.4 is 10.1 Å². The molecule has 90 valence electrons. The number of Topliss-reactive ketones (excluding diaryl/α,β-unsaturated/α-hetero) is 1. The molecule has 17 heavy (non-hydrogen) atoms. The lowest BCUT2D eigenvalue weighted by Gasteiger charge is -2.23. The molecule has 0 spiro atoms. The van der Waals surface area contributed by atoms with E-state index in [1.54, 1.807) is 13.8 Å². The summed E-state index contributed by atoms with van der Waals surface area (Å²) in [6.07, 6.45) is 0.753. The molecule has 0 aliphatic carbocycles. The standard InChI is InChI=1S/C13H15NO3/c1-8(15)3-4-10-5-6-12-11(7-10)14-13(16)9(2)17-12/h5-7,9H,3-4H2,1-2H3,(H,14,16). The molecule has 1 atom stereocenters. The lowest BCUT2D eigenvalue weighted by Crippen LogP contribution is -2.34. The number of nitrogens with one attached hydrogen (secondary N) is 1. The molecular weight excluding hydrogens is 218 g/mol. The lowest BCUT2D eigenvalue weighted by molar-refractivity contribution is -0.122. The number of carbonyl (C=O) groups excluding carboxylic acids is 2. The van der Waals surface area contributed by atoms with E-state index in [9.17, 15) is 9.59 Å². The van der Waals surface area contributed by atoms with Crippen molar-refractivity contribution in [2.45, 2.75) is 32.8 Å². The molecule has 1 aliphatic heterocycles. The third-order valence-corrected chi connectivity index (χ3v) is 2.74. The van der Waals surface area contributed by atoms with Crippen LogP contribution in [-0.4, -0.2) is 17.8 Å². The van der Waals surface area contributed by atoms with Crippen molar-refractivity contribution in [3.63, 3.8) is 0 Å². The van der Waals surface area contributed by atoms with Gasteiger partial charge in [0.05, 0.1) is 5.69 Å². The van der Waals surface area contributed by atoms with Crippen molar-refractivity contribution >= 4 is 17.4 Å². The summed E-state index contributed by atoms with van der Waals surface area (Å²) in [5, 5.41) is 2.79. The van der Waals surface area contributed by atoms with Gasteiger partial charge in [-0.05, 0) is 38.0 Å². The van der Waals surface area contributed by atoms with Crippen LogP contribution >= 0.6 is 0 Å². The summed E-state index contributed by atoms with van der Waals surface area (Å²) in [5.74, 6) is 0.710. The third kappa shape index (κ3) is 2.64. The van der Waals surface area contributed by atoms with Crippen LogP contribution in [0.5, 0.6) is 5.75 Å². The fourth-order valence-corrected chi connectivity index (χ4v) is 1.73. The largest absolute Gasteiger partial charge is 0.479 e. The molecule has 2 rings (SSSR count). The molecule has 1 N–H and O–H groups in total. The number of benzene rings is 1. The smallest absolute Gasteiger partial charge is 0.265 e. The van der Waals surface area contributed by atoms with Gasteiger partial charge in [0, 0.05) is 6.42 Å². The first-order valence-corrected chi connectivity index (χ1v) is 5.66. The predicted octanol–water partition coefficient (Wildman–Crippen LogP) is 1.93. The maximum Gasteiger partial charge on any atom is 0.265 e. The van der Waals surface area contributed by atoms with E-state index in [-0.39, 0.29) is 11.7 Å². The number of ether oxygens (including phenoxy) is 1. The summed E-state index contributed by atoms with van der Waals surface area (Å²) in [5.41, 5.74) is 1.71. The first-order chi connectivity index (χ1) is 8.06. The number of carbonyl (C=O) groups is 2. The van der Waals surface area contributed by atoms with Crippen LogP contribution in [0.1, 0.15) is 25.8 Å². The van der Waals surface area contributed by atoms with Crippen molar-refractivity contribution in [3.05, 3.63) is 23.8 Å². The fraction of sp³-hybridized carbons (Fsp3) is 0.385. The molecular formula is C13H15NO3. The molecule has 0 radical (unpaired) electrons. The highest BCUT2D eigenvalue weighted by Gasteiger charge is 2.23. The molecule has 0 bridgehead atoms. The minimum absolute atomic E-state index is 0.138. The van der Waals surface area contributed by atoms with E-state index in [2.05, 4.69) is 5.32 Å². The Morgan fingerprint density at radius 1 is 1.47 bits per heavy atom. The number of amides is 1. The Bertz CT molecular complexity index is 468. The Morgan fingerprint density at radius 3 is 2.94 bits per heavy atom. The summed E-state index contributed by atoms with van der Waals surface area (Å²) in [4.78, 5) is 22.4. The average Bonchev–Trinajstić information content (AvgIpc) is 2.28. The van der Waals surface area contributed by atoms with Crippen LogP contribution in [0.2, 0.25) is 0 Å². The van der Waals surface area contributed by atoms with Gasteiger partial charge in [-0.25, -0.2) is 0 Å². The SMILES string of the molecule is CC(=O)CCc1ccc2c(c1)NC(=O)C(C)O2. The zero-order valence-electron chi connectivity index (χ0n) is 9.95. The molecule has 1 aliphatic rings. The van der Waals surface area contributed by atoms with E-state index in [1.807, 2.05) is 18.2 Å². The zero-order chi connectivity index (χ0) is 12.4. The normalized spacial score (nSPS) is 18.0. The highest BCUT2D eigenvalue weighted by atomic mass is 16.5. The van der Waals surface area contributed by atoms with Gasteiger partial charge in [0.1, 0.15) is 11.5 Å². The summed E-state index contributed by atoms with van der Waals surface area (Å²) in [6, 6.07) is 5.62. The van der Waals surface area contributed by atoms with E-state index >= 15 is 0 Å². The molecule has 0 saturated heterocycles. The Kier molecular flexibility index (Phi) is 3.13. The van der Waals surface area contributed by atoms with Gasteiger partial charge in [0.25, 0.3) is 5.91 Å². The number of ketones is 1. The Hall–Kier alpha value is -1.84. The van der Waals surface area contributed by atoms with Crippen molar-refractivity contribution < 1.29 is 14.3 Å². The lowest BCUT2D eigenvalue weighted by atomic mass is 10.1. The van der Waals surface area contributed by atoms with Crippen molar-refractivity contribution in [1.29, 1.82) is 0 Å². The van der Waals surface area contributed by atoms with Gasteiger partial charge in [-0.2, -0.15) is 0 Å². The predicted molar refractivity (Wildman–Crippen MR) is 64.2 cm³/mol. The van der Waals surface area contributed by atoms with Crippen LogP contribution in [0.15, 0.2) is 18.2 Å². The zero-order valence-corrected chi connectivity index (χ0v) is 9.95. The van der Waals surface area contributed by atoms with Crippen LogP contribution in [0.3, 0.4) is 0 Å². The Labute approximate surface area is 100.0 Å². The number of hydrogen-bond acceptors (Lipinski definition) is 3. The van der Waals surface area contributed by atoms with Crippen molar-refractivity contribution in [2.24, 2.45) is 0 Å². The Morgan fingerprint density at radius 2 is 2.24 bits per heavy atom. The second kappa shape index (κ2) is 4.57. The summed E-state index contributed by atoms with van der Waals surface area (Å²) < 4.78 is 5.45. The van der Waals surface area contributed by atoms with Gasteiger partial charge in [-0.1, -0.05) is 6.07 Å². The number of rotatable bonds is 3. The van der Waals surface area contributed by atoms with Crippen LogP contribution in [0.25, 0.3) is 0 Å². The van der Waals surface area contributed by atoms with Gasteiger partial charge >= 0.3 is 0 Å². The molecule has 1 unspecified atom stereocenters. The molecule has 4 heteroatoms. The quantitative estimate of drug-likeness (QED) is 0.867. The van der Waals surface area contributed by atoms with Crippen molar-refractivity contribution in [1.82, 2.24) is 0 Å². The third-order valence-electron chi connectivity index (χ3n) is 2.74.